The lowest BCUT2D eigenvalue weighted by Gasteiger charge is -2.37. The lowest BCUT2D eigenvalue weighted by atomic mass is 10.1. The molecule has 2 atom stereocenters. The molecule has 0 aliphatic carbocycles. The fourth-order valence-electron chi connectivity index (χ4n) is 4.49. The number of ether oxygens (including phenoxy) is 1. The van der Waals surface area contributed by atoms with Crippen molar-refractivity contribution in [2.24, 2.45) is 0 Å². The van der Waals surface area contributed by atoms with E-state index < -0.39 is 16.2 Å². The number of para-hydroxylation sites is 1. The van der Waals surface area contributed by atoms with Gasteiger partial charge in [-0.3, -0.25) is 4.79 Å². The standard InChI is InChI=1S/C30H29N3O4S/c1-22(24-12-6-3-7-13-24)31-29(34)21-37-26-18-16-25(17-19-26)30-32-27-14-8-9-15-28(27)38(35,36)33(30)20-23-10-4-2-5-11-23/h2-19,22,30,32H,20-21H2,1H3,(H,31,34)/t22-,30-/m0/s1. The zero-order valence-electron chi connectivity index (χ0n) is 20.9. The van der Waals surface area contributed by atoms with Gasteiger partial charge < -0.3 is 15.4 Å². The van der Waals surface area contributed by atoms with Crippen molar-refractivity contribution in [3.63, 3.8) is 0 Å². The van der Waals surface area contributed by atoms with Gasteiger partial charge in [-0.25, -0.2) is 8.42 Å². The van der Waals surface area contributed by atoms with Crippen LogP contribution in [0.15, 0.2) is 114 Å². The topological polar surface area (TPSA) is 87.7 Å². The van der Waals surface area contributed by atoms with E-state index in [1.165, 1.54) is 4.31 Å². The minimum Gasteiger partial charge on any atom is -0.484 e. The highest BCUT2D eigenvalue weighted by atomic mass is 32.2. The Labute approximate surface area is 223 Å². The second-order valence-corrected chi connectivity index (χ2v) is 11.0. The van der Waals surface area contributed by atoms with Gasteiger partial charge in [-0.1, -0.05) is 84.9 Å². The van der Waals surface area contributed by atoms with Gasteiger partial charge in [0.05, 0.1) is 11.7 Å². The van der Waals surface area contributed by atoms with Crippen LogP contribution < -0.4 is 15.4 Å². The zero-order valence-corrected chi connectivity index (χ0v) is 21.8. The van der Waals surface area contributed by atoms with Crippen LogP contribution in [0.5, 0.6) is 5.75 Å². The Hall–Kier alpha value is -4.14. The fourth-order valence-corrected chi connectivity index (χ4v) is 6.17. The second kappa shape index (κ2) is 11.1. The Balaban J connectivity index is 1.31. The van der Waals surface area contributed by atoms with Gasteiger partial charge in [0.25, 0.3) is 5.91 Å². The number of carbonyl (C=O) groups excluding carboxylic acids is 1. The molecule has 0 unspecified atom stereocenters. The van der Waals surface area contributed by atoms with Gasteiger partial charge >= 0.3 is 0 Å². The van der Waals surface area contributed by atoms with Gasteiger partial charge in [-0.2, -0.15) is 4.31 Å². The molecule has 194 valence electrons. The van der Waals surface area contributed by atoms with Crippen molar-refractivity contribution in [3.8, 4) is 5.75 Å². The third-order valence-corrected chi connectivity index (χ3v) is 8.35. The number of nitrogens with zero attached hydrogens (tertiary/aromatic N) is 1. The molecular formula is C30H29N3O4S. The summed E-state index contributed by atoms with van der Waals surface area (Å²) in [6.07, 6.45) is -0.612. The molecule has 38 heavy (non-hydrogen) atoms. The van der Waals surface area contributed by atoms with Crippen LogP contribution in [-0.4, -0.2) is 25.2 Å². The summed E-state index contributed by atoms with van der Waals surface area (Å²) >= 11 is 0. The van der Waals surface area contributed by atoms with E-state index in [-0.39, 0.29) is 30.0 Å². The number of nitrogens with one attached hydrogen (secondary N) is 2. The summed E-state index contributed by atoms with van der Waals surface area (Å²) in [5.74, 6) is 0.293. The van der Waals surface area contributed by atoms with E-state index >= 15 is 0 Å². The van der Waals surface area contributed by atoms with Crippen molar-refractivity contribution in [1.29, 1.82) is 0 Å². The third-order valence-electron chi connectivity index (χ3n) is 6.48. The summed E-state index contributed by atoms with van der Waals surface area (Å²) < 4.78 is 34.5. The smallest absolute Gasteiger partial charge is 0.258 e. The van der Waals surface area contributed by atoms with E-state index in [4.69, 9.17) is 4.74 Å². The van der Waals surface area contributed by atoms with Crippen LogP contribution in [0.4, 0.5) is 5.69 Å². The minimum atomic E-state index is -3.76. The van der Waals surface area contributed by atoms with Crippen LogP contribution in [0.3, 0.4) is 0 Å². The molecule has 0 spiro atoms. The van der Waals surface area contributed by atoms with Crippen molar-refractivity contribution in [2.45, 2.75) is 30.6 Å². The fraction of sp³-hybridized carbons (Fsp3) is 0.167. The van der Waals surface area contributed by atoms with E-state index in [1.807, 2.05) is 85.8 Å². The van der Waals surface area contributed by atoms with E-state index in [1.54, 1.807) is 30.3 Å². The maximum atomic E-state index is 13.6. The van der Waals surface area contributed by atoms with E-state index in [0.717, 1.165) is 16.7 Å². The largest absolute Gasteiger partial charge is 0.484 e. The number of hydrogen-bond donors (Lipinski definition) is 2. The first-order valence-corrected chi connectivity index (χ1v) is 13.8. The lowest BCUT2D eigenvalue weighted by molar-refractivity contribution is -0.123. The van der Waals surface area contributed by atoms with E-state index in [2.05, 4.69) is 10.6 Å². The number of benzene rings is 4. The number of anilines is 1. The Morgan fingerprint density at radius 2 is 1.53 bits per heavy atom. The maximum Gasteiger partial charge on any atom is 0.258 e. The number of fused-ring (bicyclic) bond motifs is 1. The highest BCUT2D eigenvalue weighted by molar-refractivity contribution is 7.89. The predicted molar refractivity (Wildman–Crippen MR) is 147 cm³/mol. The molecule has 7 nitrogen and oxygen atoms in total. The molecule has 4 aromatic rings. The summed E-state index contributed by atoms with van der Waals surface area (Å²) in [6, 6.07) is 33.2. The molecule has 0 saturated carbocycles. The summed E-state index contributed by atoms with van der Waals surface area (Å²) in [5, 5.41) is 6.32. The molecule has 0 radical (unpaired) electrons. The predicted octanol–water partition coefficient (Wildman–Crippen LogP) is 5.26. The Bertz CT molecular complexity index is 1490. The van der Waals surface area contributed by atoms with Crippen LogP contribution in [0, 0.1) is 0 Å². The monoisotopic (exact) mass is 527 g/mol. The lowest BCUT2D eigenvalue weighted by Crippen LogP contribution is -2.42. The van der Waals surface area contributed by atoms with Crippen LogP contribution >= 0.6 is 0 Å². The summed E-state index contributed by atoms with van der Waals surface area (Å²) in [7, 11) is -3.76. The van der Waals surface area contributed by atoms with Gasteiger partial charge in [0, 0.05) is 6.54 Å². The number of carbonyl (C=O) groups is 1. The van der Waals surface area contributed by atoms with E-state index in [0.29, 0.717) is 11.4 Å². The van der Waals surface area contributed by atoms with Crippen LogP contribution in [-0.2, 0) is 21.4 Å². The number of hydrogen-bond acceptors (Lipinski definition) is 5. The summed E-state index contributed by atoms with van der Waals surface area (Å²) in [5.41, 5.74) is 3.22. The van der Waals surface area contributed by atoms with Gasteiger partial charge in [0.1, 0.15) is 16.8 Å². The first-order chi connectivity index (χ1) is 18.4. The molecule has 0 aromatic heterocycles. The second-order valence-electron chi connectivity index (χ2n) is 9.14. The molecule has 4 aromatic carbocycles. The van der Waals surface area contributed by atoms with Crippen LogP contribution in [0.2, 0.25) is 0 Å². The SMILES string of the molecule is C[C@H](NC(=O)COc1ccc([C@H]2Nc3ccccc3S(=O)(=O)N2Cc2ccccc2)cc1)c1ccccc1. The summed E-state index contributed by atoms with van der Waals surface area (Å²) in [6.45, 7) is 2.01. The van der Waals surface area contributed by atoms with Crippen LogP contribution in [0.1, 0.15) is 35.8 Å². The van der Waals surface area contributed by atoms with Gasteiger partial charge in [-0.05, 0) is 47.9 Å². The molecule has 0 bridgehead atoms. The van der Waals surface area contributed by atoms with Crippen LogP contribution in [0.25, 0.3) is 0 Å². The van der Waals surface area contributed by atoms with Gasteiger partial charge in [-0.15, -0.1) is 0 Å². The summed E-state index contributed by atoms with van der Waals surface area (Å²) in [4.78, 5) is 12.7. The Morgan fingerprint density at radius 1 is 0.895 bits per heavy atom. The quantitative estimate of drug-likeness (QED) is 0.327. The molecule has 0 fully saturated rings. The molecule has 0 saturated heterocycles. The minimum absolute atomic E-state index is 0.125. The van der Waals surface area contributed by atoms with Crippen molar-refractivity contribution >= 4 is 21.6 Å². The average molecular weight is 528 g/mol. The first kappa shape index (κ1) is 25.5. The number of rotatable bonds is 8. The highest BCUT2D eigenvalue weighted by Crippen LogP contribution is 2.39. The maximum absolute atomic E-state index is 13.6. The van der Waals surface area contributed by atoms with Crippen molar-refractivity contribution in [3.05, 3.63) is 126 Å². The Kier molecular flexibility index (Phi) is 7.44. The van der Waals surface area contributed by atoms with E-state index in [9.17, 15) is 13.2 Å². The highest BCUT2D eigenvalue weighted by Gasteiger charge is 2.38. The third kappa shape index (κ3) is 5.56. The van der Waals surface area contributed by atoms with Gasteiger partial charge in [0.2, 0.25) is 10.0 Å². The van der Waals surface area contributed by atoms with Crippen molar-refractivity contribution in [1.82, 2.24) is 9.62 Å². The molecular weight excluding hydrogens is 498 g/mol. The normalized spacial score (nSPS) is 17.0. The molecule has 5 rings (SSSR count). The molecule has 1 amide bonds. The van der Waals surface area contributed by atoms with Gasteiger partial charge in [0.15, 0.2) is 6.61 Å². The number of sulfonamides is 1. The molecule has 1 aliphatic heterocycles. The first-order valence-electron chi connectivity index (χ1n) is 12.4. The zero-order chi connectivity index (χ0) is 26.5. The van der Waals surface area contributed by atoms with Crippen molar-refractivity contribution in [2.75, 3.05) is 11.9 Å². The van der Waals surface area contributed by atoms with Crippen molar-refractivity contribution < 1.29 is 17.9 Å². The Morgan fingerprint density at radius 3 is 2.24 bits per heavy atom. The average Bonchev–Trinajstić information content (AvgIpc) is 2.95. The number of amides is 1. The molecule has 1 heterocycles. The molecule has 8 heteroatoms. The molecule has 1 aliphatic rings. The molecule has 2 N–H and O–H groups in total.